The number of amides is 2. The third kappa shape index (κ3) is 7.52. The molecule has 1 aliphatic carbocycles. The minimum Gasteiger partial charge on any atom is -0.353 e. The van der Waals surface area contributed by atoms with E-state index in [1.165, 1.54) is 43.9 Å². The zero-order chi connectivity index (χ0) is 21.0. The number of aryl methyl sites for hydroxylation is 1. The monoisotopic (exact) mass is 428 g/mol. The van der Waals surface area contributed by atoms with Gasteiger partial charge in [0.15, 0.2) is 0 Å². The van der Waals surface area contributed by atoms with Gasteiger partial charge in [-0.25, -0.2) is 4.98 Å². The van der Waals surface area contributed by atoms with Crippen LogP contribution in [-0.2, 0) is 11.3 Å². The molecule has 3 rings (SSSR count). The number of rotatable bonds is 9. The number of carbonyl (C=O) groups excluding carboxylic acids is 2. The topological polar surface area (TPSA) is 76.0 Å². The van der Waals surface area contributed by atoms with Crippen LogP contribution in [0.4, 0.5) is 0 Å². The zero-order valence-corrected chi connectivity index (χ0v) is 18.3. The Morgan fingerprint density at radius 2 is 1.87 bits per heavy atom. The van der Waals surface area contributed by atoms with Gasteiger partial charge in [-0.05, 0) is 31.4 Å². The number of carbonyl (C=O) groups is 2. The maximum Gasteiger partial charge on any atom is 0.252 e. The van der Waals surface area contributed by atoms with Crippen molar-refractivity contribution in [1.82, 2.24) is 20.2 Å². The highest BCUT2D eigenvalue weighted by atomic mass is 32.2. The number of hydrogen-bond donors (Lipinski definition) is 2. The summed E-state index contributed by atoms with van der Waals surface area (Å²) in [6.07, 6.45) is 14.7. The fraction of sp³-hybridized carbons (Fsp3) is 0.522. The highest BCUT2D eigenvalue weighted by molar-refractivity contribution is 8.00. The fourth-order valence-corrected chi connectivity index (χ4v) is 4.63. The summed E-state index contributed by atoms with van der Waals surface area (Å²) in [4.78, 5) is 29.9. The van der Waals surface area contributed by atoms with Gasteiger partial charge in [0, 0.05) is 36.4 Å². The molecular weight excluding hydrogens is 396 g/mol. The quantitative estimate of drug-likeness (QED) is 0.467. The van der Waals surface area contributed by atoms with Crippen LogP contribution in [0.15, 0.2) is 47.9 Å². The second kappa shape index (κ2) is 12.4. The van der Waals surface area contributed by atoms with Crippen LogP contribution in [-0.4, -0.2) is 39.7 Å². The number of aromatic nitrogens is 2. The standard InChI is InChI=1S/C23H32N4O2S/c28-22(26-19-9-4-2-1-3-5-10-19)17-30-21-12-7-6-11-20(21)23(29)25-13-8-15-27-16-14-24-18-27/h6-7,11-12,14,16,18-19H,1-5,8-10,13,15,17H2,(H,25,29)(H,26,28). The molecule has 2 N–H and O–H groups in total. The summed E-state index contributed by atoms with van der Waals surface area (Å²) in [5.74, 6) is 0.298. The molecule has 2 amide bonds. The smallest absolute Gasteiger partial charge is 0.252 e. The Bertz CT molecular complexity index is 786. The Morgan fingerprint density at radius 3 is 2.63 bits per heavy atom. The van der Waals surface area contributed by atoms with Crippen molar-refractivity contribution in [2.45, 2.75) is 68.8 Å². The number of nitrogens with zero attached hydrogens (tertiary/aromatic N) is 2. The second-order valence-corrected chi connectivity index (χ2v) is 8.82. The second-order valence-electron chi connectivity index (χ2n) is 7.80. The summed E-state index contributed by atoms with van der Waals surface area (Å²) in [6.45, 7) is 1.41. The third-order valence-corrected chi connectivity index (χ3v) is 6.47. The summed E-state index contributed by atoms with van der Waals surface area (Å²) in [7, 11) is 0. The molecule has 1 fully saturated rings. The van der Waals surface area contributed by atoms with Crippen LogP contribution in [0.25, 0.3) is 0 Å². The number of benzene rings is 1. The van der Waals surface area contributed by atoms with E-state index in [1.54, 1.807) is 12.5 Å². The molecule has 1 aromatic heterocycles. The number of hydrogen-bond acceptors (Lipinski definition) is 4. The van der Waals surface area contributed by atoms with Gasteiger partial charge in [-0.2, -0.15) is 0 Å². The molecule has 1 aromatic carbocycles. The van der Waals surface area contributed by atoms with Gasteiger partial charge >= 0.3 is 0 Å². The van der Waals surface area contributed by atoms with Crippen LogP contribution >= 0.6 is 11.8 Å². The lowest BCUT2D eigenvalue weighted by atomic mass is 9.97. The van der Waals surface area contributed by atoms with E-state index in [0.717, 1.165) is 30.7 Å². The first-order valence-corrected chi connectivity index (χ1v) is 12.0. The predicted molar refractivity (Wildman–Crippen MR) is 121 cm³/mol. The molecule has 0 spiro atoms. The first-order chi connectivity index (χ1) is 14.7. The van der Waals surface area contributed by atoms with E-state index >= 15 is 0 Å². The zero-order valence-electron chi connectivity index (χ0n) is 17.5. The first kappa shape index (κ1) is 22.4. The van der Waals surface area contributed by atoms with Gasteiger partial charge < -0.3 is 15.2 Å². The van der Waals surface area contributed by atoms with Gasteiger partial charge in [-0.15, -0.1) is 11.8 Å². The van der Waals surface area contributed by atoms with E-state index in [1.807, 2.05) is 35.0 Å². The van der Waals surface area contributed by atoms with Crippen molar-refractivity contribution in [3.05, 3.63) is 48.5 Å². The van der Waals surface area contributed by atoms with E-state index in [9.17, 15) is 9.59 Å². The average Bonchev–Trinajstić information content (AvgIpc) is 3.25. The summed E-state index contributed by atoms with van der Waals surface area (Å²) >= 11 is 1.43. The molecule has 6 nitrogen and oxygen atoms in total. The van der Waals surface area contributed by atoms with Crippen molar-refractivity contribution in [2.24, 2.45) is 0 Å². The van der Waals surface area contributed by atoms with Gasteiger partial charge in [-0.1, -0.05) is 44.2 Å². The Morgan fingerprint density at radius 1 is 1.10 bits per heavy atom. The van der Waals surface area contributed by atoms with E-state index in [0.29, 0.717) is 23.9 Å². The lowest BCUT2D eigenvalue weighted by molar-refractivity contribution is -0.119. The minimum absolute atomic E-state index is 0.0566. The van der Waals surface area contributed by atoms with Gasteiger partial charge in [0.25, 0.3) is 5.91 Å². The lowest BCUT2D eigenvalue weighted by Crippen LogP contribution is -2.36. The van der Waals surface area contributed by atoms with Gasteiger partial charge in [0.05, 0.1) is 17.6 Å². The van der Waals surface area contributed by atoms with Crippen LogP contribution in [0.5, 0.6) is 0 Å². The Labute approximate surface area is 183 Å². The Hall–Kier alpha value is -2.28. The molecule has 0 atom stereocenters. The molecule has 162 valence electrons. The van der Waals surface area contributed by atoms with Gasteiger partial charge in [-0.3, -0.25) is 9.59 Å². The maximum atomic E-state index is 12.6. The summed E-state index contributed by atoms with van der Waals surface area (Å²) in [5.41, 5.74) is 0.629. The summed E-state index contributed by atoms with van der Waals surface area (Å²) in [5, 5.41) is 6.17. The van der Waals surface area contributed by atoms with Crippen LogP contribution in [0.2, 0.25) is 0 Å². The maximum absolute atomic E-state index is 12.6. The highest BCUT2D eigenvalue weighted by Gasteiger charge is 2.16. The van der Waals surface area contributed by atoms with Gasteiger partial charge in [0.2, 0.25) is 5.91 Å². The van der Waals surface area contributed by atoms with Crippen molar-refractivity contribution in [3.8, 4) is 0 Å². The van der Waals surface area contributed by atoms with Crippen LogP contribution in [0, 0.1) is 0 Å². The van der Waals surface area contributed by atoms with Crippen LogP contribution in [0.1, 0.15) is 61.7 Å². The fourth-order valence-electron chi connectivity index (χ4n) is 3.77. The molecule has 1 aliphatic rings. The Balaban J connectivity index is 1.44. The molecule has 0 radical (unpaired) electrons. The SMILES string of the molecule is O=C(CSc1ccccc1C(=O)NCCCn1ccnc1)NC1CCCCCCC1. The number of nitrogens with one attached hydrogen (secondary N) is 2. The van der Waals surface area contributed by atoms with Crippen molar-refractivity contribution in [2.75, 3.05) is 12.3 Å². The van der Waals surface area contributed by atoms with Gasteiger partial charge in [0.1, 0.15) is 0 Å². The molecule has 0 aliphatic heterocycles. The molecule has 0 bridgehead atoms. The summed E-state index contributed by atoms with van der Waals surface area (Å²) < 4.78 is 1.99. The highest BCUT2D eigenvalue weighted by Crippen LogP contribution is 2.23. The number of thioether (sulfide) groups is 1. The molecule has 7 heteroatoms. The van der Waals surface area contributed by atoms with E-state index in [2.05, 4.69) is 15.6 Å². The lowest BCUT2D eigenvalue weighted by Gasteiger charge is -2.21. The van der Waals surface area contributed by atoms with Crippen molar-refractivity contribution in [1.29, 1.82) is 0 Å². The molecule has 0 unspecified atom stereocenters. The summed E-state index contributed by atoms with van der Waals surface area (Å²) in [6, 6.07) is 7.80. The first-order valence-electron chi connectivity index (χ1n) is 11.0. The van der Waals surface area contributed by atoms with Crippen LogP contribution < -0.4 is 10.6 Å². The molecule has 1 saturated carbocycles. The van der Waals surface area contributed by atoms with Crippen LogP contribution in [0.3, 0.4) is 0 Å². The predicted octanol–water partition coefficient (Wildman–Crippen LogP) is 4.02. The van der Waals surface area contributed by atoms with E-state index < -0.39 is 0 Å². The van der Waals surface area contributed by atoms with Crippen molar-refractivity contribution >= 4 is 23.6 Å². The third-order valence-electron chi connectivity index (χ3n) is 5.40. The van der Waals surface area contributed by atoms with Crippen molar-refractivity contribution < 1.29 is 9.59 Å². The average molecular weight is 429 g/mol. The number of imidazole rings is 1. The van der Waals surface area contributed by atoms with E-state index in [-0.39, 0.29) is 11.8 Å². The van der Waals surface area contributed by atoms with E-state index in [4.69, 9.17) is 0 Å². The Kier molecular flexibility index (Phi) is 9.28. The normalized spacial score (nSPS) is 15.2. The molecule has 2 aromatic rings. The minimum atomic E-state index is -0.0934. The molecule has 30 heavy (non-hydrogen) atoms. The van der Waals surface area contributed by atoms with Crippen molar-refractivity contribution in [3.63, 3.8) is 0 Å². The molecule has 0 saturated heterocycles. The molecule has 1 heterocycles. The largest absolute Gasteiger partial charge is 0.353 e. The molecular formula is C23H32N4O2S.